The molecule has 0 unspecified atom stereocenters. The Bertz CT molecular complexity index is 1510. The molecule has 1 N–H and O–H groups in total. The van der Waals surface area contributed by atoms with Crippen molar-refractivity contribution in [3.63, 3.8) is 0 Å². The van der Waals surface area contributed by atoms with Crippen molar-refractivity contribution in [3.8, 4) is 5.75 Å². The van der Waals surface area contributed by atoms with E-state index in [2.05, 4.69) is 68.4 Å². The second-order valence-electron chi connectivity index (χ2n) is 11.0. The molecule has 2 fully saturated rings. The Balaban J connectivity index is 1.35. The number of tetrazole rings is 1. The van der Waals surface area contributed by atoms with Crippen molar-refractivity contribution in [1.82, 2.24) is 35.0 Å². The first-order chi connectivity index (χ1) is 19.0. The van der Waals surface area contributed by atoms with Crippen molar-refractivity contribution >= 4 is 10.9 Å². The van der Waals surface area contributed by atoms with Crippen LogP contribution in [0.2, 0.25) is 0 Å². The van der Waals surface area contributed by atoms with Gasteiger partial charge >= 0.3 is 0 Å². The summed E-state index contributed by atoms with van der Waals surface area (Å²) in [5, 5.41) is 14.2. The van der Waals surface area contributed by atoms with E-state index in [1.807, 2.05) is 22.9 Å². The number of nitrogens with one attached hydrogen (secondary N) is 1. The van der Waals surface area contributed by atoms with Crippen LogP contribution in [0.1, 0.15) is 65.8 Å². The number of ether oxygens (including phenoxy) is 1. The highest BCUT2D eigenvalue weighted by Gasteiger charge is 2.35. The Labute approximate surface area is 228 Å². The highest BCUT2D eigenvalue weighted by Crippen LogP contribution is 2.34. The maximum Gasteiger partial charge on any atom is 0.253 e. The lowest BCUT2D eigenvalue weighted by molar-refractivity contribution is 0.0983. The largest absolute Gasteiger partial charge is 0.496 e. The minimum atomic E-state index is -0.317. The minimum absolute atomic E-state index is 0.0741. The number of fused-ring (bicyclic) bond motifs is 1. The summed E-state index contributed by atoms with van der Waals surface area (Å²) in [6.45, 7) is 8.36. The molecule has 1 aliphatic carbocycles. The molecule has 0 spiro atoms. The van der Waals surface area contributed by atoms with Crippen LogP contribution in [-0.2, 0) is 6.54 Å². The maximum absolute atomic E-state index is 13.7. The summed E-state index contributed by atoms with van der Waals surface area (Å²) in [5.74, 6) is 1.69. The van der Waals surface area contributed by atoms with E-state index >= 15 is 0 Å². The molecule has 2 aromatic heterocycles. The van der Waals surface area contributed by atoms with E-state index in [4.69, 9.17) is 4.74 Å². The zero-order valence-electron chi connectivity index (χ0n) is 23.1. The highest BCUT2D eigenvalue weighted by atomic mass is 16.5. The number of nitrogens with zero attached hydrogens (tertiary/aromatic N) is 6. The molecule has 1 aliphatic heterocycles. The van der Waals surface area contributed by atoms with Crippen molar-refractivity contribution in [3.05, 3.63) is 80.9 Å². The molecule has 39 heavy (non-hydrogen) atoms. The predicted octanol–water partition coefficient (Wildman–Crippen LogP) is 4.16. The fraction of sp³-hybridized carbons (Fsp3) is 0.467. The SMILES string of the molecule is COc1ccccc1CN1CCN([C@@H](c2cc3c(C)cc(C)cc3[nH]c2=O)c2nnnn2C2CCCC2)CC1. The van der Waals surface area contributed by atoms with Gasteiger partial charge in [-0.3, -0.25) is 14.6 Å². The molecule has 2 aromatic carbocycles. The van der Waals surface area contributed by atoms with E-state index in [0.29, 0.717) is 5.56 Å². The van der Waals surface area contributed by atoms with Crippen LogP contribution in [0.25, 0.3) is 10.9 Å². The fourth-order valence-corrected chi connectivity index (χ4v) is 6.44. The molecule has 204 valence electrons. The van der Waals surface area contributed by atoms with Gasteiger partial charge < -0.3 is 9.72 Å². The van der Waals surface area contributed by atoms with Gasteiger partial charge in [-0.15, -0.1) is 5.10 Å². The lowest BCUT2D eigenvalue weighted by Gasteiger charge is -2.39. The normalized spacial score (nSPS) is 18.1. The quantitative estimate of drug-likeness (QED) is 0.386. The summed E-state index contributed by atoms with van der Waals surface area (Å²) in [7, 11) is 1.72. The molecule has 4 aromatic rings. The van der Waals surface area contributed by atoms with Gasteiger partial charge in [-0.1, -0.05) is 37.1 Å². The minimum Gasteiger partial charge on any atom is -0.496 e. The van der Waals surface area contributed by atoms with Crippen LogP contribution >= 0.6 is 0 Å². The predicted molar refractivity (Wildman–Crippen MR) is 151 cm³/mol. The second-order valence-corrected chi connectivity index (χ2v) is 11.0. The van der Waals surface area contributed by atoms with Gasteiger partial charge in [-0.05, 0) is 66.4 Å². The maximum atomic E-state index is 13.7. The number of piperazine rings is 1. The van der Waals surface area contributed by atoms with Crippen LogP contribution in [0.5, 0.6) is 5.75 Å². The lowest BCUT2D eigenvalue weighted by Crippen LogP contribution is -2.48. The van der Waals surface area contributed by atoms with Gasteiger partial charge in [0.05, 0.1) is 13.2 Å². The van der Waals surface area contributed by atoms with E-state index < -0.39 is 0 Å². The number of benzene rings is 2. The molecule has 2 aliphatic rings. The number of hydrogen-bond acceptors (Lipinski definition) is 7. The van der Waals surface area contributed by atoms with E-state index in [1.54, 1.807) is 7.11 Å². The first-order valence-electron chi connectivity index (χ1n) is 14.0. The van der Waals surface area contributed by atoms with Crippen LogP contribution in [0.3, 0.4) is 0 Å². The first kappa shape index (κ1) is 25.7. The number of rotatable bonds is 7. The van der Waals surface area contributed by atoms with Gasteiger partial charge in [0.1, 0.15) is 11.8 Å². The van der Waals surface area contributed by atoms with Crippen LogP contribution in [-0.4, -0.2) is 68.3 Å². The van der Waals surface area contributed by atoms with Crippen LogP contribution in [0.15, 0.2) is 47.3 Å². The molecule has 1 saturated heterocycles. The summed E-state index contributed by atoms with van der Waals surface area (Å²) in [5.41, 5.74) is 4.98. The van der Waals surface area contributed by atoms with Gasteiger partial charge in [0.15, 0.2) is 5.82 Å². The van der Waals surface area contributed by atoms with E-state index in [0.717, 1.165) is 79.2 Å². The lowest BCUT2D eigenvalue weighted by atomic mass is 9.99. The number of aryl methyl sites for hydroxylation is 2. The zero-order valence-corrected chi connectivity index (χ0v) is 23.1. The molecule has 9 heteroatoms. The summed E-state index contributed by atoms with van der Waals surface area (Å²) in [4.78, 5) is 21.7. The van der Waals surface area contributed by atoms with Crippen molar-refractivity contribution in [1.29, 1.82) is 0 Å². The number of H-pyrrole nitrogens is 1. The average molecular weight is 528 g/mol. The third-order valence-corrected chi connectivity index (χ3v) is 8.43. The molecule has 6 rings (SSSR count). The zero-order chi connectivity index (χ0) is 26.9. The van der Waals surface area contributed by atoms with E-state index in [1.165, 1.54) is 18.4 Å². The molecule has 1 saturated carbocycles. The first-order valence-corrected chi connectivity index (χ1v) is 14.0. The van der Waals surface area contributed by atoms with Gasteiger partial charge in [0, 0.05) is 54.8 Å². The molecule has 0 radical (unpaired) electrons. The molecule has 0 amide bonds. The van der Waals surface area contributed by atoms with Crippen LogP contribution in [0, 0.1) is 13.8 Å². The van der Waals surface area contributed by atoms with Gasteiger partial charge in [0.25, 0.3) is 5.56 Å². The summed E-state index contributed by atoms with van der Waals surface area (Å²) in [6.07, 6.45) is 4.52. The number of methoxy groups -OCH3 is 1. The topological polar surface area (TPSA) is 92.2 Å². The van der Waals surface area contributed by atoms with Crippen LogP contribution < -0.4 is 10.3 Å². The van der Waals surface area contributed by atoms with Crippen molar-refractivity contribution in [2.75, 3.05) is 33.3 Å². The molecular formula is C30H37N7O2. The fourth-order valence-electron chi connectivity index (χ4n) is 6.44. The third-order valence-electron chi connectivity index (χ3n) is 8.43. The number of para-hydroxylation sites is 1. The van der Waals surface area contributed by atoms with Gasteiger partial charge in [-0.2, -0.15) is 0 Å². The Kier molecular flexibility index (Phi) is 7.18. The monoisotopic (exact) mass is 527 g/mol. The number of hydrogen-bond donors (Lipinski definition) is 1. The number of aromatic nitrogens is 5. The molecule has 9 nitrogen and oxygen atoms in total. The molecular weight excluding hydrogens is 490 g/mol. The highest BCUT2D eigenvalue weighted by molar-refractivity contribution is 5.83. The third kappa shape index (κ3) is 5.08. The van der Waals surface area contributed by atoms with Gasteiger partial charge in [0.2, 0.25) is 0 Å². The smallest absolute Gasteiger partial charge is 0.253 e. The second kappa shape index (κ2) is 10.9. The molecule has 1 atom stereocenters. The number of pyridine rings is 1. The standard InChI is InChI=1S/C30H37N7O2/c1-20-16-21(2)24-18-25(30(38)31-26(24)17-20)28(29-32-33-34-37(29)23-9-5-6-10-23)36-14-12-35(13-15-36)19-22-8-4-7-11-27(22)39-3/h4,7-8,11,16-18,23,28H,5-6,9-10,12-15,19H2,1-3H3,(H,31,38)/t28-/m0/s1. The number of aromatic amines is 1. The Morgan fingerprint density at radius 3 is 2.59 bits per heavy atom. The van der Waals surface area contributed by atoms with Crippen molar-refractivity contribution in [2.24, 2.45) is 0 Å². The molecule has 0 bridgehead atoms. The average Bonchev–Trinajstić information content (AvgIpc) is 3.63. The Morgan fingerprint density at radius 2 is 1.82 bits per heavy atom. The summed E-state index contributed by atoms with van der Waals surface area (Å²) >= 11 is 0. The Hall–Kier alpha value is -3.56. The van der Waals surface area contributed by atoms with Gasteiger partial charge in [-0.25, -0.2) is 4.68 Å². The van der Waals surface area contributed by atoms with E-state index in [9.17, 15) is 4.79 Å². The van der Waals surface area contributed by atoms with Crippen LogP contribution in [0.4, 0.5) is 0 Å². The summed E-state index contributed by atoms with van der Waals surface area (Å²) in [6, 6.07) is 14.5. The van der Waals surface area contributed by atoms with E-state index in [-0.39, 0.29) is 17.6 Å². The van der Waals surface area contributed by atoms with Crippen molar-refractivity contribution < 1.29 is 4.74 Å². The Morgan fingerprint density at radius 1 is 1.05 bits per heavy atom. The summed E-state index contributed by atoms with van der Waals surface area (Å²) < 4.78 is 7.58. The van der Waals surface area contributed by atoms with Crippen molar-refractivity contribution in [2.45, 2.75) is 58.2 Å². The molecule has 3 heterocycles.